The van der Waals surface area contributed by atoms with Crippen LogP contribution in [0, 0.1) is 6.92 Å². The van der Waals surface area contributed by atoms with Gasteiger partial charge in [-0.15, -0.1) is 0 Å². The molecule has 0 aliphatic carbocycles. The Labute approximate surface area is 158 Å². The number of hydrogen-bond acceptors (Lipinski definition) is 3. The Bertz CT molecular complexity index is 495. The molecule has 1 atom stereocenters. The second-order valence-electron chi connectivity index (χ2n) is 7.35. The zero-order valence-corrected chi connectivity index (χ0v) is 16.3. The number of aryl methyl sites for hydroxylation is 1. The highest BCUT2D eigenvalue weighted by Gasteiger charge is 2.13. The number of nitrogens with one attached hydrogen (secondary N) is 1. The molecule has 1 N–H and O–H groups in total. The quantitative estimate of drug-likeness (QED) is 0.517. The largest absolute Gasteiger partial charge is 0.376 e. The van der Waals surface area contributed by atoms with E-state index in [1.165, 1.54) is 44.1 Å². The molecule has 1 aromatic carbocycles. The summed E-state index contributed by atoms with van der Waals surface area (Å²) in [5, 5.41) is 2.96. The van der Waals surface area contributed by atoms with Crippen molar-refractivity contribution in [2.75, 3.05) is 25.1 Å². The minimum atomic E-state index is 0.128. The number of amides is 1. The molecule has 4 nitrogen and oxygen atoms in total. The number of anilines is 1. The maximum atomic E-state index is 11.9. The van der Waals surface area contributed by atoms with Crippen LogP contribution < -0.4 is 5.32 Å². The molecule has 0 radical (unpaired) electrons. The normalized spacial score (nSPS) is 17.2. The summed E-state index contributed by atoms with van der Waals surface area (Å²) >= 11 is 0. The Morgan fingerprint density at radius 2 is 1.62 bits per heavy atom. The van der Waals surface area contributed by atoms with Gasteiger partial charge in [0.2, 0.25) is 5.91 Å². The van der Waals surface area contributed by atoms with Crippen LogP contribution in [-0.4, -0.2) is 31.8 Å². The fraction of sp³-hybridized carbons (Fsp3) is 0.682. The highest BCUT2D eigenvalue weighted by molar-refractivity contribution is 5.90. The van der Waals surface area contributed by atoms with E-state index in [1.54, 1.807) is 0 Å². The molecule has 26 heavy (non-hydrogen) atoms. The molecule has 0 aromatic heterocycles. The number of benzene rings is 1. The molecule has 1 heterocycles. The van der Waals surface area contributed by atoms with Gasteiger partial charge in [-0.05, 0) is 31.9 Å². The summed E-state index contributed by atoms with van der Waals surface area (Å²) in [5.41, 5.74) is 2.10. The lowest BCUT2D eigenvalue weighted by Crippen LogP contribution is -2.28. The summed E-state index contributed by atoms with van der Waals surface area (Å²) in [7, 11) is 0. The highest BCUT2D eigenvalue weighted by atomic mass is 16.6. The topological polar surface area (TPSA) is 47.6 Å². The molecule has 1 aliphatic heterocycles. The van der Waals surface area contributed by atoms with Gasteiger partial charge in [0.25, 0.3) is 0 Å². The van der Waals surface area contributed by atoms with Crippen molar-refractivity contribution in [3.63, 3.8) is 0 Å². The average molecular weight is 362 g/mol. The fourth-order valence-corrected chi connectivity index (χ4v) is 3.28. The molecular formula is C22H35NO3. The highest BCUT2D eigenvalue weighted by Crippen LogP contribution is 2.14. The Hall–Kier alpha value is -1.39. The number of carbonyl (C=O) groups excluding carboxylic acids is 1. The molecule has 1 amide bonds. The van der Waals surface area contributed by atoms with Crippen molar-refractivity contribution >= 4 is 11.6 Å². The first kappa shape index (κ1) is 20.9. The molecular weight excluding hydrogens is 326 g/mol. The fourth-order valence-electron chi connectivity index (χ4n) is 3.28. The smallest absolute Gasteiger partial charge is 0.224 e. The van der Waals surface area contributed by atoms with Crippen molar-refractivity contribution < 1.29 is 14.3 Å². The first-order valence-electron chi connectivity index (χ1n) is 10.3. The minimum absolute atomic E-state index is 0.128. The van der Waals surface area contributed by atoms with E-state index in [-0.39, 0.29) is 5.91 Å². The Kier molecular flexibility index (Phi) is 10.4. The number of rotatable bonds is 12. The molecule has 4 heteroatoms. The Balaban J connectivity index is 1.36. The Morgan fingerprint density at radius 1 is 0.962 bits per heavy atom. The third-order valence-corrected chi connectivity index (χ3v) is 4.90. The first-order valence-corrected chi connectivity index (χ1v) is 10.3. The van der Waals surface area contributed by atoms with E-state index in [1.807, 2.05) is 31.2 Å². The molecule has 1 aromatic rings. The van der Waals surface area contributed by atoms with Crippen LogP contribution in [0.3, 0.4) is 0 Å². The van der Waals surface area contributed by atoms with Gasteiger partial charge in [-0.25, -0.2) is 0 Å². The maximum Gasteiger partial charge on any atom is 0.224 e. The maximum absolute atomic E-state index is 11.9. The van der Waals surface area contributed by atoms with Gasteiger partial charge >= 0.3 is 0 Å². The minimum Gasteiger partial charge on any atom is -0.376 e. The van der Waals surface area contributed by atoms with Crippen molar-refractivity contribution in [2.24, 2.45) is 0 Å². The van der Waals surface area contributed by atoms with Crippen LogP contribution in [0.1, 0.15) is 69.8 Å². The van der Waals surface area contributed by atoms with Gasteiger partial charge in [0.05, 0.1) is 25.9 Å². The van der Waals surface area contributed by atoms with Gasteiger partial charge in [0.15, 0.2) is 0 Å². The van der Waals surface area contributed by atoms with Crippen LogP contribution in [0.15, 0.2) is 24.3 Å². The van der Waals surface area contributed by atoms with Crippen molar-refractivity contribution in [1.82, 2.24) is 0 Å². The van der Waals surface area contributed by atoms with Gasteiger partial charge in [-0.2, -0.15) is 0 Å². The lowest BCUT2D eigenvalue weighted by Gasteiger charge is -2.22. The first-order chi connectivity index (χ1) is 12.7. The molecule has 0 saturated carbocycles. The molecule has 1 saturated heterocycles. The zero-order chi connectivity index (χ0) is 18.5. The van der Waals surface area contributed by atoms with Crippen LogP contribution >= 0.6 is 0 Å². The van der Waals surface area contributed by atoms with Gasteiger partial charge in [0.1, 0.15) is 0 Å². The summed E-state index contributed by atoms with van der Waals surface area (Å²) in [6, 6.07) is 7.96. The standard InChI is InChI=1S/C22H35NO3/c1-19-12-14-20(15-13-19)23-22(24)11-9-7-5-3-2-4-6-8-10-21-18-25-16-17-26-21/h12-15,21H,2-11,16-18H2,1H3,(H,23,24)/t21-/m1/s1. The summed E-state index contributed by atoms with van der Waals surface area (Å²) < 4.78 is 11.1. The number of unbranched alkanes of at least 4 members (excludes halogenated alkanes) is 7. The molecule has 0 unspecified atom stereocenters. The number of ether oxygens (including phenoxy) is 2. The van der Waals surface area contributed by atoms with Crippen LogP contribution in [0.5, 0.6) is 0 Å². The monoisotopic (exact) mass is 361 g/mol. The van der Waals surface area contributed by atoms with Crippen LogP contribution in [-0.2, 0) is 14.3 Å². The summed E-state index contributed by atoms with van der Waals surface area (Å²) in [4.78, 5) is 11.9. The van der Waals surface area contributed by atoms with Crippen molar-refractivity contribution in [3.05, 3.63) is 29.8 Å². The Morgan fingerprint density at radius 3 is 2.27 bits per heavy atom. The molecule has 1 fully saturated rings. The lowest BCUT2D eigenvalue weighted by molar-refractivity contribution is -0.116. The third-order valence-electron chi connectivity index (χ3n) is 4.90. The second kappa shape index (κ2) is 12.9. The van der Waals surface area contributed by atoms with E-state index in [9.17, 15) is 4.79 Å². The molecule has 146 valence electrons. The van der Waals surface area contributed by atoms with Crippen molar-refractivity contribution in [2.45, 2.75) is 77.2 Å². The van der Waals surface area contributed by atoms with E-state index in [0.717, 1.165) is 44.8 Å². The second-order valence-corrected chi connectivity index (χ2v) is 7.35. The van der Waals surface area contributed by atoms with Crippen LogP contribution in [0.4, 0.5) is 5.69 Å². The van der Waals surface area contributed by atoms with Gasteiger partial charge < -0.3 is 14.8 Å². The van der Waals surface area contributed by atoms with Crippen LogP contribution in [0.2, 0.25) is 0 Å². The average Bonchev–Trinajstić information content (AvgIpc) is 2.66. The summed E-state index contributed by atoms with van der Waals surface area (Å²) in [6.07, 6.45) is 11.9. The molecule has 0 spiro atoms. The van der Waals surface area contributed by atoms with Gasteiger partial charge in [0, 0.05) is 12.1 Å². The SMILES string of the molecule is Cc1ccc(NC(=O)CCCCCCCCCC[C@@H]2COCCO2)cc1. The van der Waals surface area contributed by atoms with E-state index < -0.39 is 0 Å². The number of carbonyl (C=O) groups is 1. The summed E-state index contributed by atoms with van der Waals surface area (Å²) in [5.74, 6) is 0.128. The van der Waals surface area contributed by atoms with E-state index in [0.29, 0.717) is 12.5 Å². The van der Waals surface area contributed by atoms with E-state index >= 15 is 0 Å². The third kappa shape index (κ3) is 9.35. The lowest BCUT2D eigenvalue weighted by atomic mass is 10.0. The molecule has 0 bridgehead atoms. The van der Waals surface area contributed by atoms with Gasteiger partial charge in [-0.3, -0.25) is 4.79 Å². The molecule has 1 aliphatic rings. The zero-order valence-electron chi connectivity index (χ0n) is 16.3. The van der Waals surface area contributed by atoms with Gasteiger partial charge in [-0.1, -0.05) is 62.6 Å². The predicted octanol–water partition coefficient (Wildman–Crippen LogP) is 5.25. The predicted molar refractivity (Wildman–Crippen MR) is 107 cm³/mol. The van der Waals surface area contributed by atoms with Crippen LogP contribution in [0.25, 0.3) is 0 Å². The summed E-state index contributed by atoms with van der Waals surface area (Å²) in [6.45, 7) is 4.33. The van der Waals surface area contributed by atoms with E-state index in [2.05, 4.69) is 5.32 Å². The molecule has 2 rings (SSSR count). The van der Waals surface area contributed by atoms with Crippen molar-refractivity contribution in [1.29, 1.82) is 0 Å². The van der Waals surface area contributed by atoms with E-state index in [4.69, 9.17) is 9.47 Å². The van der Waals surface area contributed by atoms with Crippen molar-refractivity contribution in [3.8, 4) is 0 Å². The number of hydrogen-bond donors (Lipinski definition) is 1.